The van der Waals surface area contributed by atoms with Crippen LogP contribution in [-0.2, 0) is 4.74 Å². The standard InChI is InChI=1S/C17H20ClNO2/c1-19-13-7-8-15(19)14(9-10-18)16(11-13)21-17(20)12-5-3-2-4-6-12/h2-6,9-10,13-16H,7-8,11H2,1H3/b10-9+/t13?,14-,15?,16+/m1/s1. The largest absolute Gasteiger partial charge is 0.458 e. The normalized spacial score (nSPS) is 32.5. The summed E-state index contributed by atoms with van der Waals surface area (Å²) in [5.74, 6) is -0.0589. The van der Waals surface area contributed by atoms with E-state index in [1.165, 1.54) is 6.42 Å². The first-order valence-corrected chi connectivity index (χ1v) is 7.89. The van der Waals surface area contributed by atoms with E-state index in [0.29, 0.717) is 17.6 Å². The first-order chi connectivity index (χ1) is 10.2. The molecule has 3 rings (SSSR count). The number of fused-ring (bicyclic) bond motifs is 2. The summed E-state index contributed by atoms with van der Waals surface area (Å²) < 4.78 is 5.80. The topological polar surface area (TPSA) is 29.5 Å². The van der Waals surface area contributed by atoms with E-state index < -0.39 is 0 Å². The predicted molar refractivity (Wildman–Crippen MR) is 83.3 cm³/mol. The number of benzene rings is 1. The third kappa shape index (κ3) is 2.85. The molecule has 4 atom stereocenters. The second kappa shape index (κ2) is 6.20. The third-order valence-corrected chi connectivity index (χ3v) is 4.98. The lowest BCUT2D eigenvalue weighted by molar-refractivity contribution is -0.0208. The Bertz CT molecular complexity index is 531. The molecule has 3 nitrogen and oxygen atoms in total. The van der Waals surface area contributed by atoms with E-state index >= 15 is 0 Å². The number of piperidine rings is 1. The maximum Gasteiger partial charge on any atom is 0.338 e. The van der Waals surface area contributed by atoms with Gasteiger partial charge in [0.05, 0.1) is 5.56 Å². The molecule has 1 aromatic carbocycles. The van der Waals surface area contributed by atoms with Crippen LogP contribution in [0.2, 0.25) is 0 Å². The molecular weight excluding hydrogens is 286 g/mol. The maximum atomic E-state index is 12.3. The van der Waals surface area contributed by atoms with Gasteiger partial charge in [0.1, 0.15) is 6.10 Å². The van der Waals surface area contributed by atoms with E-state index in [0.717, 1.165) is 12.8 Å². The van der Waals surface area contributed by atoms with Gasteiger partial charge in [0.25, 0.3) is 0 Å². The summed E-state index contributed by atoms with van der Waals surface area (Å²) in [5.41, 5.74) is 2.16. The van der Waals surface area contributed by atoms with Gasteiger partial charge in [-0.05, 0) is 32.0 Å². The van der Waals surface area contributed by atoms with Crippen molar-refractivity contribution in [3.05, 3.63) is 47.5 Å². The molecule has 2 aliphatic heterocycles. The molecule has 2 fully saturated rings. The van der Waals surface area contributed by atoms with Crippen LogP contribution in [0.15, 0.2) is 41.9 Å². The number of ether oxygens (including phenoxy) is 1. The number of carbonyl (C=O) groups excluding carboxylic acids is 1. The maximum absolute atomic E-state index is 12.3. The second-order valence-electron chi connectivity index (χ2n) is 5.91. The molecule has 0 saturated carbocycles. The van der Waals surface area contributed by atoms with Crippen molar-refractivity contribution in [1.29, 1.82) is 0 Å². The monoisotopic (exact) mass is 305 g/mol. The molecule has 1 aromatic rings. The molecule has 112 valence electrons. The Hall–Kier alpha value is -1.32. The van der Waals surface area contributed by atoms with Crippen LogP contribution in [0.5, 0.6) is 0 Å². The molecule has 2 unspecified atom stereocenters. The highest BCUT2D eigenvalue weighted by molar-refractivity contribution is 6.25. The summed E-state index contributed by atoms with van der Waals surface area (Å²) in [4.78, 5) is 14.7. The molecule has 0 amide bonds. The van der Waals surface area contributed by atoms with Gasteiger partial charge < -0.3 is 4.74 Å². The van der Waals surface area contributed by atoms with Crippen LogP contribution >= 0.6 is 11.6 Å². The van der Waals surface area contributed by atoms with Crippen LogP contribution in [0.3, 0.4) is 0 Å². The fourth-order valence-corrected chi connectivity index (χ4v) is 3.87. The van der Waals surface area contributed by atoms with Gasteiger partial charge in [0, 0.05) is 30.0 Å². The fraction of sp³-hybridized carbons (Fsp3) is 0.471. The lowest BCUT2D eigenvalue weighted by Gasteiger charge is -2.41. The zero-order chi connectivity index (χ0) is 14.8. The van der Waals surface area contributed by atoms with Crippen LogP contribution in [0.4, 0.5) is 0 Å². The van der Waals surface area contributed by atoms with Crippen molar-refractivity contribution in [1.82, 2.24) is 4.90 Å². The van der Waals surface area contributed by atoms with Gasteiger partial charge in [-0.15, -0.1) is 0 Å². The molecule has 0 spiro atoms. The number of rotatable bonds is 3. The minimum absolute atomic E-state index is 0.0820. The van der Waals surface area contributed by atoms with Crippen LogP contribution in [0.1, 0.15) is 29.6 Å². The Morgan fingerprint density at radius 2 is 2.10 bits per heavy atom. The smallest absolute Gasteiger partial charge is 0.338 e. The van der Waals surface area contributed by atoms with E-state index in [9.17, 15) is 4.79 Å². The number of esters is 1. The molecule has 0 radical (unpaired) electrons. The summed E-state index contributed by atoms with van der Waals surface area (Å²) in [5, 5.41) is 0. The van der Waals surface area contributed by atoms with Gasteiger partial charge in [-0.25, -0.2) is 4.79 Å². The van der Waals surface area contributed by atoms with Crippen molar-refractivity contribution < 1.29 is 9.53 Å². The summed E-state index contributed by atoms with van der Waals surface area (Å²) >= 11 is 5.80. The molecule has 2 heterocycles. The van der Waals surface area contributed by atoms with E-state index in [2.05, 4.69) is 11.9 Å². The van der Waals surface area contributed by atoms with E-state index in [-0.39, 0.29) is 18.0 Å². The predicted octanol–water partition coefficient (Wildman–Crippen LogP) is 3.45. The molecular formula is C17H20ClNO2. The molecule has 0 N–H and O–H groups in total. The summed E-state index contributed by atoms with van der Waals surface area (Å²) in [7, 11) is 2.16. The zero-order valence-electron chi connectivity index (χ0n) is 12.1. The highest BCUT2D eigenvalue weighted by atomic mass is 35.5. The number of carbonyl (C=O) groups is 1. The highest BCUT2D eigenvalue weighted by Crippen LogP contribution is 2.40. The Kier molecular flexibility index (Phi) is 4.32. The number of nitrogens with zero attached hydrogens (tertiary/aromatic N) is 1. The number of halogens is 1. The Morgan fingerprint density at radius 1 is 1.33 bits per heavy atom. The Labute approximate surface area is 130 Å². The average Bonchev–Trinajstić information content (AvgIpc) is 2.75. The Morgan fingerprint density at radius 3 is 2.81 bits per heavy atom. The van der Waals surface area contributed by atoms with Crippen LogP contribution < -0.4 is 0 Å². The van der Waals surface area contributed by atoms with Gasteiger partial charge >= 0.3 is 5.97 Å². The number of hydrogen-bond acceptors (Lipinski definition) is 3. The van der Waals surface area contributed by atoms with Crippen LogP contribution in [-0.4, -0.2) is 36.1 Å². The zero-order valence-corrected chi connectivity index (χ0v) is 12.9. The first-order valence-electron chi connectivity index (χ1n) is 7.45. The van der Waals surface area contributed by atoms with Crippen molar-refractivity contribution >= 4 is 17.6 Å². The lowest BCUT2D eigenvalue weighted by Crippen LogP contribution is -2.49. The number of hydrogen-bond donors (Lipinski definition) is 0. The average molecular weight is 306 g/mol. The van der Waals surface area contributed by atoms with Crippen LogP contribution in [0.25, 0.3) is 0 Å². The quantitative estimate of drug-likeness (QED) is 0.801. The fourth-order valence-electron chi connectivity index (χ4n) is 3.70. The molecule has 2 bridgehead atoms. The lowest BCUT2D eigenvalue weighted by atomic mass is 9.87. The molecule has 21 heavy (non-hydrogen) atoms. The molecule has 4 heteroatoms. The SMILES string of the molecule is CN1C2CCC1[C@@H](/C=C/Cl)[C@@H](OC(=O)c1ccccc1)C2. The summed E-state index contributed by atoms with van der Waals surface area (Å²) in [6, 6.07) is 10.1. The van der Waals surface area contributed by atoms with E-state index in [1.807, 2.05) is 24.3 Å². The highest BCUT2D eigenvalue weighted by Gasteiger charge is 2.46. The van der Waals surface area contributed by atoms with Crippen molar-refractivity contribution in [2.24, 2.45) is 5.92 Å². The molecule has 2 saturated heterocycles. The van der Waals surface area contributed by atoms with Crippen molar-refractivity contribution in [3.63, 3.8) is 0 Å². The Balaban J connectivity index is 1.76. The van der Waals surface area contributed by atoms with Gasteiger partial charge in [-0.3, -0.25) is 4.90 Å². The van der Waals surface area contributed by atoms with Gasteiger partial charge in [-0.2, -0.15) is 0 Å². The van der Waals surface area contributed by atoms with Gasteiger partial charge in [0.2, 0.25) is 0 Å². The molecule has 0 aliphatic carbocycles. The van der Waals surface area contributed by atoms with Crippen molar-refractivity contribution in [2.45, 2.75) is 37.5 Å². The van der Waals surface area contributed by atoms with Crippen LogP contribution in [0, 0.1) is 5.92 Å². The minimum Gasteiger partial charge on any atom is -0.458 e. The minimum atomic E-state index is -0.238. The molecule has 0 aromatic heterocycles. The van der Waals surface area contributed by atoms with Gasteiger partial charge in [-0.1, -0.05) is 35.9 Å². The molecule has 2 aliphatic rings. The van der Waals surface area contributed by atoms with Crippen molar-refractivity contribution in [2.75, 3.05) is 7.05 Å². The first kappa shape index (κ1) is 14.6. The summed E-state index contributed by atoms with van der Waals surface area (Å²) in [6.07, 6.45) is 5.10. The summed E-state index contributed by atoms with van der Waals surface area (Å²) in [6.45, 7) is 0. The van der Waals surface area contributed by atoms with E-state index in [4.69, 9.17) is 16.3 Å². The second-order valence-corrected chi connectivity index (χ2v) is 6.16. The van der Waals surface area contributed by atoms with Crippen molar-refractivity contribution in [3.8, 4) is 0 Å². The van der Waals surface area contributed by atoms with E-state index in [1.54, 1.807) is 17.7 Å². The third-order valence-electron chi connectivity index (χ3n) is 4.84. The van der Waals surface area contributed by atoms with Gasteiger partial charge in [0.15, 0.2) is 0 Å².